The van der Waals surface area contributed by atoms with E-state index in [1.165, 1.54) is 51.4 Å². The van der Waals surface area contributed by atoms with Crippen LogP contribution in [0.4, 0.5) is 0 Å². The van der Waals surface area contributed by atoms with Gasteiger partial charge < -0.3 is 0 Å². The summed E-state index contributed by atoms with van der Waals surface area (Å²) < 4.78 is 0. The molecule has 0 N–H and O–H groups in total. The lowest BCUT2D eigenvalue weighted by molar-refractivity contribution is 0.567. The largest absolute Gasteiger partial charge is 0.0853 e. The lowest BCUT2D eigenvalue weighted by Crippen LogP contribution is -1.91. The molecule has 0 bridgehead atoms. The number of unbranched alkanes of at least 4 members (excludes halogenated alkanes) is 1. The normalized spacial score (nSPS) is 19.9. The maximum Gasteiger partial charge on any atom is -0.0320 e. The molecule has 1 fully saturated rings. The van der Waals surface area contributed by atoms with E-state index in [0.29, 0.717) is 0 Å². The lowest BCUT2D eigenvalue weighted by atomic mass is 9.95. The molecule has 0 unspecified atom stereocenters. The summed E-state index contributed by atoms with van der Waals surface area (Å²) in [7, 11) is 0. The molecule has 1 radical (unpaired) electrons. The zero-order valence-electron chi connectivity index (χ0n) is 8.15. The van der Waals surface area contributed by atoms with Gasteiger partial charge in [-0.25, -0.2) is 0 Å². The van der Waals surface area contributed by atoms with Crippen LogP contribution in [0.1, 0.15) is 57.8 Å². The molecule has 0 aromatic rings. The van der Waals surface area contributed by atoms with Crippen LogP contribution in [0.25, 0.3) is 0 Å². The van der Waals surface area contributed by atoms with Crippen LogP contribution in [0.15, 0.2) is 11.6 Å². The summed E-state index contributed by atoms with van der Waals surface area (Å²) in [4.78, 5) is 0. The number of hydrogen-bond acceptors (Lipinski definition) is 0. The van der Waals surface area contributed by atoms with Crippen LogP contribution in [0, 0.1) is 6.92 Å². The molecule has 0 aliphatic heterocycles. The molecule has 0 atom stereocenters. The fourth-order valence-electron chi connectivity index (χ4n) is 1.87. The second kappa shape index (κ2) is 6.28. The Morgan fingerprint density at radius 1 is 1.00 bits per heavy atom. The summed E-state index contributed by atoms with van der Waals surface area (Å²) in [6.45, 7) is 3.87. The standard InChI is InChI=1S/C12H21/c1-2-3-9-12-10-7-5-4-6-8-11-12/h9H,1-8,10-11H2. The van der Waals surface area contributed by atoms with Crippen LogP contribution in [-0.2, 0) is 0 Å². The molecule has 0 heteroatoms. The highest BCUT2D eigenvalue weighted by atomic mass is 14.1. The minimum atomic E-state index is 1.06. The zero-order valence-corrected chi connectivity index (χ0v) is 8.15. The van der Waals surface area contributed by atoms with E-state index in [0.717, 1.165) is 6.42 Å². The molecular weight excluding hydrogens is 144 g/mol. The van der Waals surface area contributed by atoms with Gasteiger partial charge in [0.2, 0.25) is 0 Å². The summed E-state index contributed by atoms with van der Waals surface area (Å²) >= 11 is 0. The minimum Gasteiger partial charge on any atom is -0.0853 e. The number of hydrogen-bond donors (Lipinski definition) is 0. The molecule has 1 aliphatic rings. The maximum atomic E-state index is 3.87. The average Bonchev–Trinajstić information content (AvgIpc) is 2.02. The first kappa shape index (κ1) is 9.83. The molecule has 1 aliphatic carbocycles. The number of rotatable bonds is 2. The van der Waals surface area contributed by atoms with Gasteiger partial charge >= 0.3 is 0 Å². The summed E-state index contributed by atoms with van der Waals surface area (Å²) in [5.74, 6) is 0. The van der Waals surface area contributed by atoms with Crippen molar-refractivity contribution in [3.8, 4) is 0 Å². The van der Waals surface area contributed by atoms with Gasteiger partial charge in [-0.15, -0.1) is 0 Å². The van der Waals surface area contributed by atoms with Crippen LogP contribution >= 0.6 is 0 Å². The fourth-order valence-corrected chi connectivity index (χ4v) is 1.87. The van der Waals surface area contributed by atoms with Crippen molar-refractivity contribution in [2.75, 3.05) is 0 Å². The lowest BCUT2D eigenvalue weighted by Gasteiger charge is -2.11. The van der Waals surface area contributed by atoms with Crippen LogP contribution in [0.3, 0.4) is 0 Å². The van der Waals surface area contributed by atoms with E-state index in [4.69, 9.17) is 0 Å². The van der Waals surface area contributed by atoms with Gasteiger partial charge in [-0.1, -0.05) is 37.8 Å². The average molecular weight is 165 g/mol. The van der Waals surface area contributed by atoms with Crippen molar-refractivity contribution in [3.05, 3.63) is 18.6 Å². The topological polar surface area (TPSA) is 0 Å². The quantitative estimate of drug-likeness (QED) is 0.536. The third kappa shape index (κ3) is 3.94. The monoisotopic (exact) mass is 165 g/mol. The summed E-state index contributed by atoms with van der Waals surface area (Å²) in [6.07, 6.45) is 14.6. The minimum absolute atomic E-state index is 1.06. The third-order valence-corrected chi connectivity index (χ3v) is 2.63. The first-order valence-electron chi connectivity index (χ1n) is 5.40. The predicted octanol–water partition coefficient (Wildman–Crippen LogP) is 4.27. The maximum absolute atomic E-state index is 3.87. The Hall–Kier alpha value is -0.260. The van der Waals surface area contributed by atoms with Crippen molar-refractivity contribution < 1.29 is 0 Å². The highest BCUT2D eigenvalue weighted by Crippen LogP contribution is 2.21. The fraction of sp³-hybridized carbons (Fsp3) is 0.750. The molecule has 1 saturated carbocycles. The smallest absolute Gasteiger partial charge is 0.0320 e. The first-order valence-corrected chi connectivity index (χ1v) is 5.40. The molecule has 0 aromatic carbocycles. The van der Waals surface area contributed by atoms with Crippen LogP contribution in [0.2, 0.25) is 0 Å². The summed E-state index contributed by atoms with van der Waals surface area (Å²) in [5, 5.41) is 0. The van der Waals surface area contributed by atoms with Gasteiger partial charge in [0, 0.05) is 0 Å². The van der Waals surface area contributed by atoms with Crippen molar-refractivity contribution >= 4 is 0 Å². The van der Waals surface area contributed by atoms with E-state index in [1.54, 1.807) is 5.57 Å². The van der Waals surface area contributed by atoms with Crippen LogP contribution < -0.4 is 0 Å². The first-order chi connectivity index (χ1) is 5.93. The number of allylic oxidation sites excluding steroid dienone is 2. The Morgan fingerprint density at radius 3 is 2.17 bits per heavy atom. The molecule has 0 saturated heterocycles. The second-order valence-corrected chi connectivity index (χ2v) is 3.77. The molecule has 0 heterocycles. The Bertz CT molecular complexity index is 123. The second-order valence-electron chi connectivity index (χ2n) is 3.77. The Kier molecular flexibility index (Phi) is 5.14. The van der Waals surface area contributed by atoms with Crippen molar-refractivity contribution in [2.24, 2.45) is 0 Å². The highest BCUT2D eigenvalue weighted by Gasteiger charge is 2.01. The third-order valence-electron chi connectivity index (χ3n) is 2.63. The van der Waals surface area contributed by atoms with Crippen LogP contribution in [0.5, 0.6) is 0 Å². The molecule has 69 valence electrons. The van der Waals surface area contributed by atoms with E-state index < -0.39 is 0 Å². The Labute approximate surface area is 77.1 Å². The van der Waals surface area contributed by atoms with Crippen molar-refractivity contribution in [2.45, 2.75) is 57.8 Å². The van der Waals surface area contributed by atoms with Crippen LogP contribution in [-0.4, -0.2) is 0 Å². The zero-order chi connectivity index (χ0) is 8.65. The van der Waals surface area contributed by atoms with Crippen molar-refractivity contribution in [3.63, 3.8) is 0 Å². The molecule has 0 aromatic heterocycles. The van der Waals surface area contributed by atoms with Gasteiger partial charge in [0.25, 0.3) is 0 Å². The predicted molar refractivity (Wildman–Crippen MR) is 55.0 cm³/mol. The SMILES string of the molecule is [CH2]CCC=C1CCCCCCC1. The van der Waals surface area contributed by atoms with E-state index >= 15 is 0 Å². The molecule has 0 nitrogen and oxygen atoms in total. The van der Waals surface area contributed by atoms with Crippen molar-refractivity contribution in [1.82, 2.24) is 0 Å². The molecular formula is C12H21. The van der Waals surface area contributed by atoms with Gasteiger partial charge in [-0.05, 0) is 38.5 Å². The molecule has 12 heavy (non-hydrogen) atoms. The van der Waals surface area contributed by atoms with Gasteiger partial charge in [0.05, 0.1) is 0 Å². The van der Waals surface area contributed by atoms with Gasteiger partial charge in [0.1, 0.15) is 0 Å². The molecule has 0 spiro atoms. The summed E-state index contributed by atoms with van der Waals surface area (Å²) in [6, 6.07) is 0. The Balaban J connectivity index is 2.28. The highest BCUT2D eigenvalue weighted by molar-refractivity contribution is 5.02. The van der Waals surface area contributed by atoms with E-state index in [9.17, 15) is 0 Å². The van der Waals surface area contributed by atoms with E-state index in [-0.39, 0.29) is 0 Å². The van der Waals surface area contributed by atoms with Gasteiger partial charge in [0.15, 0.2) is 0 Å². The van der Waals surface area contributed by atoms with E-state index in [2.05, 4.69) is 13.0 Å². The molecule has 0 amide bonds. The van der Waals surface area contributed by atoms with Crippen molar-refractivity contribution in [1.29, 1.82) is 0 Å². The molecule has 1 rings (SSSR count). The van der Waals surface area contributed by atoms with Gasteiger partial charge in [-0.2, -0.15) is 0 Å². The summed E-state index contributed by atoms with van der Waals surface area (Å²) in [5.41, 5.74) is 1.71. The van der Waals surface area contributed by atoms with Gasteiger partial charge in [-0.3, -0.25) is 0 Å². The van der Waals surface area contributed by atoms with E-state index in [1.807, 2.05) is 0 Å². The Morgan fingerprint density at radius 2 is 1.58 bits per heavy atom.